The molecule has 0 saturated heterocycles. The number of aromatic nitrogens is 2. The molecule has 0 aliphatic carbocycles. The molecule has 0 bridgehead atoms. The molecule has 0 atom stereocenters. The molecule has 6 heteroatoms. The van der Waals surface area contributed by atoms with Crippen LogP contribution >= 0.6 is 15.9 Å². The first-order chi connectivity index (χ1) is 14.1. The van der Waals surface area contributed by atoms with Crippen LogP contribution < -0.4 is 10.3 Å². The number of rotatable bonds is 4. The fraction of sp³-hybridized carbons (Fsp3) is 0. The molecular weight excluding hydrogens is 432 g/mol. The van der Waals surface area contributed by atoms with Gasteiger partial charge in [-0.2, -0.15) is 4.98 Å². The van der Waals surface area contributed by atoms with Crippen molar-refractivity contribution in [2.24, 2.45) is 0 Å². The van der Waals surface area contributed by atoms with E-state index < -0.39 is 5.97 Å². The minimum atomic E-state index is -0.596. The van der Waals surface area contributed by atoms with Gasteiger partial charge in [-0.05, 0) is 40.2 Å². The van der Waals surface area contributed by atoms with Gasteiger partial charge in [0.1, 0.15) is 0 Å². The van der Waals surface area contributed by atoms with E-state index in [4.69, 9.17) is 4.74 Å². The first kappa shape index (κ1) is 18.8. The van der Waals surface area contributed by atoms with E-state index in [2.05, 4.69) is 20.9 Å². The Morgan fingerprint density at radius 1 is 0.862 bits per heavy atom. The number of hydrogen-bond donors (Lipinski definition) is 0. The molecule has 29 heavy (non-hydrogen) atoms. The standard InChI is InChI=1S/C23H15BrN2O3/c24-19-14-8-7-13-18(19)23(28)29-20-15-21(27)26(17-11-5-2-6-12-17)22(25-20)16-9-3-1-4-10-16/h1-15H. The van der Waals surface area contributed by atoms with E-state index in [1.54, 1.807) is 24.3 Å². The fourth-order valence-electron chi connectivity index (χ4n) is 2.90. The zero-order valence-corrected chi connectivity index (χ0v) is 16.7. The number of benzene rings is 3. The number of hydrogen-bond acceptors (Lipinski definition) is 4. The van der Waals surface area contributed by atoms with Gasteiger partial charge in [0.2, 0.25) is 5.88 Å². The van der Waals surface area contributed by atoms with Crippen LogP contribution in [0.2, 0.25) is 0 Å². The van der Waals surface area contributed by atoms with Crippen molar-refractivity contribution in [3.63, 3.8) is 0 Å². The highest BCUT2D eigenvalue weighted by Gasteiger charge is 2.17. The Labute approximate surface area is 175 Å². The second-order valence-electron chi connectivity index (χ2n) is 6.16. The van der Waals surface area contributed by atoms with Crippen LogP contribution in [0.25, 0.3) is 17.1 Å². The summed E-state index contributed by atoms with van der Waals surface area (Å²) < 4.78 is 7.52. The summed E-state index contributed by atoms with van der Waals surface area (Å²) in [4.78, 5) is 30.0. The van der Waals surface area contributed by atoms with Gasteiger partial charge in [-0.3, -0.25) is 9.36 Å². The third-order valence-electron chi connectivity index (χ3n) is 4.23. The Morgan fingerprint density at radius 3 is 2.17 bits per heavy atom. The van der Waals surface area contributed by atoms with Gasteiger partial charge in [-0.15, -0.1) is 0 Å². The summed E-state index contributed by atoms with van der Waals surface area (Å²) in [7, 11) is 0. The molecule has 0 aliphatic heterocycles. The zero-order valence-electron chi connectivity index (χ0n) is 15.2. The molecule has 0 spiro atoms. The Balaban J connectivity index is 1.82. The lowest BCUT2D eigenvalue weighted by Gasteiger charge is -2.14. The number of carbonyl (C=O) groups excluding carboxylic acids is 1. The van der Waals surface area contributed by atoms with Crippen LogP contribution in [-0.4, -0.2) is 15.5 Å². The summed E-state index contributed by atoms with van der Waals surface area (Å²) in [5, 5.41) is 0. The van der Waals surface area contributed by atoms with Crippen molar-refractivity contribution in [2.75, 3.05) is 0 Å². The first-order valence-electron chi connectivity index (χ1n) is 8.85. The molecule has 4 rings (SSSR count). The predicted molar refractivity (Wildman–Crippen MR) is 114 cm³/mol. The number of halogens is 1. The lowest BCUT2D eigenvalue weighted by Crippen LogP contribution is -2.22. The van der Waals surface area contributed by atoms with Crippen molar-refractivity contribution >= 4 is 21.9 Å². The number of ether oxygens (including phenoxy) is 1. The molecule has 0 N–H and O–H groups in total. The molecule has 0 saturated carbocycles. The van der Waals surface area contributed by atoms with E-state index in [0.717, 1.165) is 5.56 Å². The van der Waals surface area contributed by atoms with E-state index in [9.17, 15) is 9.59 Å². The average molecular weight is 447 g/mol. The van der Waals surface area contributed by atoms with Crippen LogP contribution in [0.4, 0.5) is 0 Å². The third-order valence-corrected chi connectivity index (χ3v) is 4.92. The van der Waals surface area contributed by atoms with E-state index in [-0.39, 0.29) is 11.4 Å². The van der Waals surface area contributed by atoms with Crippen molar-refractivity contribution in [1.29, 1.82) is 0 Å². The minimum absolute atomic E-state index is 0.0539. The third kappa shape index (κ3) is 4.02. The molecule has 1 heterocycles. The van der Waals surface area contributed by atoms with Gasteiger partial charge in [-0.1, -0.05) is 60.7 Å². The van der Waals surface area contributed by atoms with Crippen LogP contribution in [0.5, 0.6) is 5.88 Å². The van der Waals surface area contributed by atoms with Gasteiger partial charge >= 0.3 is 5.97 Å². The van der Waals surface area contributed by atoms with Gasteiger partial charge < -0.3 is 4.74 Å². The summed E-state index contributed by atoms with van der Waals surface area (Å²) in [6, 6.07) is 26.6. The Morgan fingerprint density at radius 2 is 1.48 bits per heavy atom. The van der Waals surface area contributed by atoms with Crippen LogP contribution in [0.3, 0.4) is 0 Å². The normalized spacial score (nSPS) is 10.5. The van der Waals surface area contributed by atoms with Gasteiger partial charge in [0.25, 0.3) is 5.56 Å². The molecule has 0 fully saturated rings. The van der Waals surface area contributed by atoms with Gasteiger partial charge in [-0.25, -0.2) is 4.79 Å². The monoisotopic (exact) mass is 446 g/mol. The number of esters is 1. The summed E-state index contributed by atoms with van der Waals surface area (Å²) in [5.41, 5.74) is 1.41. The lowest BCUT2D eigenvalue weighted by molar-refractivity contribution is 0.0726. The van der Waals surface area contributed by atoms with Crippen LogP contribution in [0.1, 0.15) is 10.4 Å². The highest BCUT2D eigenvalue weighted by Crippen LogP contribution is 2.23. The zero-order chi connectivity index (χ0) is 20.2. The van der Waals surface area contributed by atoms with Crippen molar-refractivity contribution in [1.82, 2.24) is 9.55 Å². The smallest absolute Gasteiger partial charge is 0.346 e. The van der Waals surface area contributed by atoms with Crippen LogP contribution in [0, 0.1) is 0 Å². The summed E-state index contributed by atoms with van der Waals surface area (Å²) in [6.07, 6.45) is 0. The molecule has 4 aromatic rings. The number of carbonyl (C=O) groups is 1. The second-order valence-corrected chi connectivity index (χ2v) is 7.02. The largest absolute Gasteiger partial charge is 0.404 e. The fourth-order valence-corrected chi connectivity index (χ4v) is 3.34. The predicted octanol–water partition coefficient (Wildman–Crippen LogP) is 4.88. The number of nitrogens with zero attached hydrogens (tertiary/aromatic N) is 2. The highest BCUT2D eigenvalue weighted by atomic mass is 79.9. The highest BCUT2D eigenvalue weighted by molar-refractivity contribution is 9.10. The molecule has 5 nitrogen and oxygen atoms in total. The minimum Gasteiger partial charge on any atom is -0.404 e. The molecule has 1 aromatic heterocycles. The van der Waals surface area contributed by atoms with Crippen LogP contribution in [0.15, 0.2) is 100 Å². The lowest BCUT2D eigenvalue weighted by atomic mass is 10.2. The van der Waals surface area contributed by atoms with Gasteiger partial charge in [0.15, 0.2) is 5.82 Å². The van der Waals surface area contributed by atoms with Crippen LogP contribution in [-0.2, 0) is 0 Å². The van der Waals surface area contributed by atoms with Gasteiger partial charge in [0, 0.05) is 10.0 Å². The molecule has 3 aromatic carbocycles. The maximum absolute atomic E-state index is 12.9. The van der Waals surface area contributed by atoms with Crippen molar-refractivity contribution in [3.05, 3.63) is 111 Å². The summed E-state index contributed by atoms with van der Waals surface area (Å²) in [5.74, 6) is -0.262. The molecule has 0 radical (unpaired) electrons. The topological polar surface area (TPSA) is 61.2 Å². The molecule has 0 unspecified atom stereocenters. The molecular formula is C23H15BrN2O3. The molecule has 0 aliphatic rings. The Hall–Kier alpha value is -3.51. The SMILES string of the molecule is O=C(Oc1cc(=O)n(-c2ccccc2)c(-c2ccccc2)n1)c1ccccc1Br. The van der Waals surface area contributed by atoms with E-state index in [1.807, 2.05) is 60.7 Å². The Bertz CT molecular complexity index is 1220. The van der Waals surface area contributed by atoms with E-state index in [0.29, 0.717) is 21.5 Å². The van der Waals surface area contributed by atoms with Crippen molar-refractivity contribution in [2.45, 2.75) is 0 Å². The van der Waals surface area contributed by atoms with Gasteiger partial charge in [0.05, 0.1) is 17.3 Å². The van der Waals surface area contributed by atoms with Crippen molar-refractivity contribution < 1.29 is 9.53 Å². The average Bonchev–Trinajstić information content (AvgIpc) is 2.75. The van der Waals surface area contributed by atoms with E-state index in [1.165, 1.54) is 10.6 Å². The maximum Gasteiger partial charge on any atom is 0.346 e. The molecule has 0 amide bonds. The number of para-hydroxylation sites is 1. The molecule has 142 valence electrons. The first-order valence-corrected chi connectivity index (χ1v) is 9.64. The summed E-state index contributed by atoms with van der Waals surface area (Å²) in [6.45, 7) is 0. The second kappa shape index (κ2) is 8.24. The Kier molecular flexibility index (Phi) is 5.35. The van der Waals surface area contributed by atoms with Crippen molar-refractivity contribution in [3.8, 4) is 23.0 Å². The quantitative estimate of drug-likeness (QED) is 0.419. The summed E-state index contributed by atoms with van der Waals surface area (Å²) >= 11 is 3.33. The van der Waals surface area contributed by atoms with E-state index >= 15 is 0 Å². The maximum atomic E-state index is 12.9.